The molecule has 3 atom stereocenters. The van der Waals surface area contributed by atoms with Crippen LogP contribution in [0.2, 0.25) is 0 Å². The average Bonchev–Trinajstić information content (AvgIpc) is 2.77. The van der Waals surface area contributed by atoms with Crippen LogP contribution in [-0.2, 0) is 4.79 Å². The molecule has 1 amide bonds. The normalized spacial score (nSPS) is 24.8. The summed E-state index contributed by atoms with van der Waals surface area (Å²) < 4.78 is 0. The lowest BCUT2D eigenvalue weighted by Crippen LogP contribution is -2.45. The van der Waals surface area contributed by atoms with E-state index in [9.17, 15) is 4.79 Å². The summed E-state index contributed by atoms with van der Waals surface area (Å²) in [6, 6.07) is 10.3. The molecule has 0 heterocycles. The van der Waals surface area contributed by atoms with Crippen LogP contribution in [-0.4, -0.2) is 18.0 Å². The number of nitrogens with one attached hydrogen (secondary N) is 1. The van der Waals surface area contributed by atoms with Gasteiger partial charge in [0.25, 0.3) is 0 Å². The SMILES string of the molecule is CCC(C(=O)NC1CCCC1N)c1ccccc1. The largest absolute Gasteiger partial charge is 0.351 e. The number of carbonyl (C=O) groups excluding carboxylic acids is 1. The van der Waals surface area contributed by atoms with Crippen molar-refractivity contribution in [2.45, 2.75) is 50.6 Å². The Hall–Kier alpha value is -1.35. The molecule has 1 saturated carbocycles. The molecule has 1 aromatic rings. The average molecular weight is 246 g/mol. The molecule has 0 saturated heterocycles. The van der Waals surface area contributed by atoms with Gasteiger partial charge in [-0.25, -0.2) is 0 Å². The van der Waals surface area contributed by atoms with Crippen LogP contribution in [0.4, 0.5) is 0 Å². The fourth-order valence-corrected chi connectivity index (χ4v) is 2.71. The van der Waals surface area contributed by atoms with E-state index < -0.39 is 0 Å². The van der Waals surface area contributed by atoms with Gasteiger partial charge in [-0.2, -0.15) is 0 Å². The third-order valence-corrected chi connectivity index (χ3v) is 3.82. The van der Waals surface area contributed by atoms with Gasteiger partial charge in [-0.1, -0.05) is 37.3 Å². The van der Waals surface area contributed by atoms with Crippen LogP contribution in [0.1, 0.15) is 44.1 Å². The highest BCUT2D eigenvalue weighted by Crippen LogP contribution is 2.22. The van der Waals surface area contributed by atoms with Crippen molar-refractivity contribution in [1.29, 1.82) is 0 Å². The molecule has 98 valence electrons. The van der Waals surface area contributed by atoms with Gasteiger partial charge in [0, 0.05) is 12.1 Å². The summed E-state index contributed by atoms with van der Waals surface area (Å²) in [5, 5.41) is 3.11. The maximum atomic E-state index is 12.3. The van der Waals surface area contributed by atoms with E-state index >= 15 is 0 Å². The molecule has 0 spiro atoms. The zero-order valence-corrected chi connectivity index (χ0v) is 10.9. The van der Waals surface area contributed by atoms with Crippen molar-refractivity contribution in [3.05, 3.63) is 35.9 Å². The van der Waals surface area contributed by atoms with Gasteiger partial charge < -0.3 is 11.1 Å². The minimum atomic E-state index is -0.0565. The van der Waals surface area contributed by atoms with Gasteiger partial charge in [-0.3, -0.25) is 4.79 Å². The van der Waals surface area contributed by atoms with Gasteiger partial charge in [0.2, 0.25) is 5.91 Å². The highest BCUT2D eigenvalue weighted by Gasteiger charge is 2.28. The van der Waals surface area contributed by atoms with Gasteiger partial charge in [0.15, 0.2) is 0 Å². The topological polar surface area (TPSA) is 55.1 Å². The molecule has 0 aliphatic heterocycles. The Morgan fingerprint density at radius 1 is 1.39 bits per heavy atom. The molecule has 2 rings (SSSR count). The lowest BCUT2D eigenvalue weighted by Gasteiger charge is -2.21. The summed E-state index contributed by atoms with van der Waals surface area (Å²) >= 11 is 0. The first-order valence-electron chi connectivity index (χ1n) is 6.83. The van der Waals surface area contributed by atoms with E-state index in [1.807, 2.05) is 37.3 Å². The number of carbonyl (C=O) groups is 1. The summed E-state index contributed by atoms with van der Waals surface area (Å²) in [6.07, 6.45) is 3.97. The van der Waals surface area contributed by atoms with Gasteiger partial charge in [0.05, 0.1) is 5.92 Å². The van der Waals surface area contributed by atoms with Gasteiger partial charge >= 0.3 is 0 Å². The molecule has 0 radical (unpaired) electrons. The Balaban J connectivity index is 2.02. The minimum Gasteiger partial charge on any atom is -0.351 e. The molecule has 0 aromatic heterocycles. The van der Waals surface area contributed by atoms with Crippen molar-refractivity contribution >= 4 is 5.91 Å². The van der Waals surface area contributed by atoms with Crippen LogP contribution in [0, 0.1) is 0 Å². The summed E-state index contributed by atoms with van der Waals surface area (Å²) in [7, 11) is 0. The lowest BCUT2D eigenvalue weighted by atomic mass is 9.95. The van der Waals surface area contributed by atoms with E-state index in [0.29, 0.717) is 0 Å². The standard InChI is InChI=1S/C15H22N2O/c1-2-12(11-7-4-3-5-8-11)15(18)17-14-10-6-9-13(14)16/h3-5,7-8,12-14H,2,6,9-10,16H2,1H3,(H,17,18). The molecule has 3 nitrogen and oxygen atoms in total. The smallest absolute Gasteiger partial charge is 0.227 e. The Morgan fingerprint density at radius 2 is 2.11 bits per heavy atom. The number of rotatable bonds is 4. The quantitative estimate of drug-likeness (QED) is 0.855. The monoisotopic (exact) mass is 246 g/mol. The Bertz CT molecular complexity index is 391. The third kappa shape index (κ3) is 2.91. The van der Waals surface area contributed by atoms with E-state index in [0.717, 1.165) is 31.2 Å². The first kappa shape index (κ1) is 13.1. The fraction of sp³-hybridized carbons (Fsp3) is 0.533. The van der Waals surface area contributed by atoms with E-state index in [2.05, 4.69) is 5.32 Å². The molecule has 1 aromatic carbocycles. The number of nitrogens with two attached hydrogens (primary N) is 1. The molecular weight excluding hydrogens is 224 g/mol. The van der Waals surface area contributed by atoms with Crippen LogP contribution in [0.15, 0.2) is 30.3 Å². The molecule has 1 aliphatic rings. The van der Waals surface area contributed by atoms with Crippen LogP contribution in [0.5, 0.6) is 0 Å². The highest BCUT2D eigenvalue weighted by molar-refractivity contribution is 5.83. The third-order valence-electron chi connectivity index (χ3n) is 3.82. The van der Waals surface area contributed by atoms with Gasteiger partial charge in [-0.05, 0) is 31.2 Å². The van der Waals surface area contributed by atoms with E-state index in [1.54, 1.807) is 0 Å². The van der Waals surface area contributed by atoms with Crippen LogP contribution in [0.25, 0.3) is 0 Å². The molecular formula is C15H22N2O. The van der Waals surface area contributed by atoms with Crippen LogP contribution >= 0.6 is 0 Å². The molecule has 3 unspecified atom stereocenters. The molecule has 18 heavy (non-hydrogen) atoms. The van der Waals surface area contributed by atoms with E-state index in [4.69, 9.17) is 5.73 Å². The maximum absolute atomic E-state index is 12.3. The summed E-state index contributed by atoms with van der Waals surface area (Å²) in [5.41, 5.74) is 7.08. The number of benzene rings is 1. The van der Waals surface area contributed by atoms with Gasteiger partial charge in [-0.15, -0.1) is 0 Å². The molecule has 0 bridgehead atoms. The molecule has 1 fully saturated rings. The van der Waals surface area contributed by atoms with E-state index in [-0.39, 0.29) is 23.9 Å². The first-order chi connectivity index (χ1) is 8.72. The van der Waals surface area contributed by atoms with Crippen molar-refractivity contribution in [1.82, 2.24) is 5.32 Å². The second-order valence-electron chi connectivity index (χ2n) is 5.08. The predicted octanol–water partition coefficient (Wildman–Crippen LogP) is 2.18. The van der Waals surface area contributed by atoms with Crippen molar-refractivity contribution in [3.8, 4) is 0 Å². The number of hydrogen-bond acceptors (Lipinski definition) is 2. The number of hydrogen-bond donors (Lipinski definition) is 2. The van der Waals surface area contributed by atoms with E-state index in [1.165, 1.54) is 0 Å². The zero-order chi connectivity index (χ0) is 13.0. The second-order valence-corrected chi connectivity index (χ2v) is 5.08. The second kappa shape index (κ2) is 6.01. The minimum absolute atomic E-state index is 0.0565. The summed E-state index contributed by atoms with van der Waals surface area (Å²) in [6.45, 7) is 2.05. The zero-order valence-electron chi connectivity index (χ0n) is 10.9. The Morgan fingerprint density at radius 3 is 2.67 bits per heavy atom. The van der Waals surface area contributed by atoms with Crippen molar-refractivity contribution in [2.75, 3.05) is 0 Å². The summed E-state index contributed by atoms with van der Waals surface area (Å²) in [5.74, 6) is 0.0602. The summed E-state index contributed by atoms with van der Waals surface area (Å²) in [4.78, 5) is 12.3. The maximum Gasteiger partial charge on any atom is 0.227 e. The molecule has 3 heteroatoms. The number of amides is 1. The Labute approximate surface area is 109 Å². The van der Waals surface area contributed by atoms with Crippen molar-refractivity contribution in [3.63, 3.8) is 0 Å². The lowest BCUT2D eigenvalue weighted by molar-refractivity contribution is -0.123. The molecule has 1 aliphatic carbocycles. The molecule has 3 N–H and O–H groups in total. The highest BCUT2D eigenvalue weighted by atomic mass is 16.1. The van der Waals surface area contributed by atoms with Gasteiger partial charge in [0.1, 0.15) is 0 Å². The van der Waals surface area contributed by atoms with Crippen LogP contribution < -0.4 is 11.1 Å². The van der Waals surface area contributed by atoms with Crippen LogP contribution in [0.3, 0.4) is 0 Å². The first-order valence-corrected chi connectivity index (χ1v) is 6.83. The predicted molar refractivity (Wildman–Crippen MR) is 73.2 cm³/mol. The Kier molecular flexibility index (Phi) is 4.37. The van der Waals surface area contributed by atoms with Crippen molar-refractivity contribution in [2.24, 2.45) is 5.73 Å². The van der Waals surface area contributed by atoms with Crippen molar-refractivity contribution < 1.29 is 4.79 Å². The fourth-order valence-electron chi connectivity index (χ4n) is 2.71.